The molecule has 0 aromatic heterocycles. The first-order valence-electron chi connectivity index (χ1n) is 5.91. The van der Waals surface area contributed by atoms with E-state index in [1.165, 1.54) is 12.8 Å². The van der Waals surface area contributed by atoms with E-state index in [4.69, 9.17) is 5.11 Å². The van der Waals surface area contributed by atoms with Crippen LogP contribution in [0.3, 0.4) is 0 Å². The van der Waals surface area contributed by atoms with Crippen molar-refractivity contribution in [1.82, 2.24) is 5.32 Å². The average molecular weight is 211 g/mol. The molecule has 1 saturated carbocycles. The molecule has 2 rings (SSSR count). The summed E-state index contributed by atoms with van der Waals surface area (Å²) in [6.07, 6.45) is 6.67. The van der Waals surface area contributed by atoms with E-state index >= 15 is 0 Å². The highest BCUT2D eigenvalue weighted by Crippen LogP contribution is 2.44. The SMILES string of the molecule is CC(NCC(O)CO)C1CC2C=CC1C2. The first kappa shape index (κ1) is 11.1. The van der Waals surface area contributed by atoms with Crippen molar-refractivity contribution in [1.29, 1.82) is 0 Å². The normalized spacial score (nSPS) is 37.1. The largest absolute Gasteiger partial charge is 0.394 e. The van der Waals surface area contributed by atoms with E-state index in [0.717, 1.165) is 11.8 Å². The highest BCUT2D eigenvalue weighted by atomic mass is 16.3. The van der Waals surface area contributed by atoms with Crippen LogP contribution in [0.15, 0.2) is 12.2 Å². The molecule has 0 spiro atoms. The lowest BCUT2D eigenvalue weighted by Crippen LogP contribution is -2.40. The number of nitrogens with one attached hydrogen (secondary N) is 1. The standard InChI is InChI=1S/C12H21NO2/c1-8(13-6-11(15)7-14)12-5-9-2-3-10(12)4-9/h2-3,8-15H,4-7H2,1H3. The molecule has 15 heavy (non-hydrogen) atoms. The van der Waals surface area contributed by atoms with Crippen LogP contribution in [0, 0.1) is 17.8 Å². The zero-order valence-electron chi connectivity index (χ0n) is 9.26. The number of fused-ring (bicyclic) bond motifs is 2. The van der Waals surface area contributed by atoms with E-state index < -0.39 is 6.10 Å². The quantitative estimate of drug-likeness (QED) is 0.581. The van der Waals surface area contributed by atoms with Crippen molar-refractivity contribution in [3.63, 3.8) is 0 Å². The number of rotatable bonds is 5. The van der Waals surface area contributed by atoms with E-state index in [-0.39, 0.29) is 6.61 Å². The predicted molar refractivity (Wildman–Crippen MR) is 59.4 cm³/mol. The Balaban J connectivity index is 1.77. The van der Waals surface area contributed by atoms with E-state index in [1.54, 1.807) is 0 Å². The van der Waals surface area contributed by atoms with Gasteiger partial charge in [-0.15, -0.1) is 0 Å². The zero-order chi connectivity index (χ0) is 10.8. The Morgan fingerprint density at radius 1 is 1.40 bits per heavy atom. The molecule has 0 radical (unpaired) electrons. The van der Waals surface area contributed by atoms with Gasteiger partial charge >= 0.3 is 0 Å². The first-order valence-corrected chi connectivity index (χ1v) is 5.91. The lowest BCUT2D eigenvalue weighted by atomic mass is 9.87. The van der Waals surface area contributed by atoms with Crippen molar-refractivity contribution in [2.24, 2.45) is 17.8 Å². The van der Waals surface area contributed by atoms with Crippen LogP contribution in [0.4, 0.5) is 0 Å². The molecule has 3 N–H and O–H groups in total. The van der Waals surface area contributed by atoms with Gasteiger partial charge in [-0.3, -0.25) is 0 Å². The minimum Gasteiger partial charge on any atom is -0.394 e. The summed E-state index contributed by atoms with van der Waals surface area (Å²) >= 11 is 0. The fourth-order valence-corrected chi connectivity index (χ4v) is 2.94. The van der Waals surface area contributed by atoms with Crippen molar-refractivity contribution in [2.75, 3.05) is 13.2 Å². The van der Waals surface area contributed by atoms with E-state index in [9.17, 15) is 5.11 Å². The van der Waals surface area contributed by atoms with Crippen LogP contribution in [0.25, 0.3) is 0 Å². The molecule has 1 fully saturated rings. The van der Waals surface area contributed by atoms with Gasteiger partial charge in [-0.05, 0) is 37.5 Å². The molecule has 0 aromatic rings. The van der Waals surface area contributed by atoms with Gasteiger partial charge in [-0.1, -0.05) is 12.2 Å². The van der Waals surface area contributed by atoms with Gasteiger partial charge in [0.2, 0.25) is 0 Å². The highest BCUT2D eigenvalue weighted by Gasteiger charge is 2.38. The maximum atomic E-state index is 9.26. The van der Waals surface area contributed by atoms with Crippen LogP contribution >= 0.6 is 0 Å². The van der Waals surface area contributed by atoms with Gasteiger partial charge in [0.1, 0.15) is 0 Å². The number of aliphatic hydroxyl groups excluding tert-OH is 2. The summed E-state index contributed by atoms with van der Waals surface area (Å²) in [5, 5.41) is 21.3. The second kappa shape index (κ2) is 4.64. The van der Waals surface area contributed by atoms with Crippen LogP contribution in [0.1, 0.15) is 19.8 Å². The molecule has 5 atom stereocenters. The van der Waals surface area contributed by atoms with E-state index in [0.29, 0.717) is 18.5 Å². The molecule has 2 aliphatic carbocycles. The summed E-state index contributed by atoms with van der Waals surface area (Å²) in [6, 6.07) is 0.436. The summed E-state index contributed by atoms with van der Waals surface area (Å²) in [5.74, 6) is 2.25. The molecule has 0 heterocycles. The van der Waals surface area contributed by atoms with Gasteiger partial charge in [-0.25, -0.2) is 0 Å². The second-order valence-electron chi connectivity index (χ2n) is 4.98. The van der Waals surface area contributed by atoms with Crippen molar-refractivity contribution >= 4 is 0 Å². The molecule has 0 saturated heterocycles. The average Bonchev–Trinajstić information content (AvgIpc) is 2.86. The third-order valence-electron chi connectivity index (χ3n) is 3.86. The van der Waals surface area contributed by atoms with Crippen molar-refractivity contribution in [3.8, 4) is 0 Å². The van der Waals surface area contributed by atoms with Gasteiger partial charge in [0.15, 0.2) is 0 Å². The highest BCUT2D eigenvalue weighted by molar-refractivity contribution is 5.11. The summed E-state index contributed by atoms with van der Waals surface area (Å²) in [6.45, 7) is 2.52. The molecular weight excluding hydrogens is 190 g/mol. The Morgan fingerprint density at radius 3 is 2.73 bits per heavy atom. The molecular formula is C12H21NO2. The number of hydrogen-bond acceptors (Lipinski definition) is 3. The molecule has 0 aromatic carbocycles. The maximum Gasteiger partial charge on any atom is 0.0895 e. The molecule has 86 valence electrons. The monoisotopic (exact) mass is 211 g/mol. The summed E-state index contributed by atoms with van der Waals surface area (Å²) in [5.41, 5.74) is 0. The Labute approximate surface area is 91.2 Å². The van der Waals surface area contributed by atoms with Gasteiger partial charge in [0, 0.05) is 12.6 Å². The Hall–Kier alpha value is -0.380. The molecule has 0 amide bonds. The van der Waals surface area contributed by atoms with Crippen LogP contribution in [0.5, 0.6) is 0 Å². The fourth-order valence-electron chi connectivity index (χ4n) is 2.94. The minimum atomic E-state index is -0.624. The lowest BCUT2D eigenvalue weighted by molar-refractivity contribution is 0.0895. The molecule has 2 bridgehead atoms. The van der Waals surface area contributed by atoms with Crippen molar-refractivity contribution in [3.05, 3.63) is 12.2 Å². The zero-order valence-corrected chi connectivity index (χ0v) is 9.26. The van der Waals surface area contributed by atoms with Crippen LogP contribution < -0.4 is 5.32 Å². The molecule has 3 heteroatoms. The van der Waals surface area contributed by atoms with Gasteiger partial charge in [0.05, 0.1) is 12.7 Å². The van der Waals surface area contributed by atoms with Crippen molar-refractivity contribution in [2.45, 2.75) is 31.9 Å². The van der Waals surface area contributed by atoms with Gasteiger partial charge < -0.3 is 15.5 Å². The van der Waals surface area contributed by atoms with Gasteiger partial charge in [-0.2, -0.15) is 0 Å². The van der Waals surface area contributed by atoms with Crippen LogP contribution in [0.2, 0.25) is 0 Å². The number of hydrogen-bond donors (Lipinski definition) is 3. The molecule has 3 nitrogen and oxygen atoms in total. The Morgan fingerprint density at radius 2 is 2.20 bits per heavy atom. The Kier molecular flexibility index (Phi) is 3.44. The third-order valence-corrected chi connectivity index (χ3v) is 3.86. The summed E-state index contributed by atoms with van der Waals surface area (Å²) < 4.78 is 0. The summed E-state index contributed by atoms with van der Waals surface area (Å²) in [7, 11) is 0. The smallest absolute Gasteiger partial charge is 0.0895 e. The predicted octanol–water partition coefficient (Wildman–Crippen LogP) is 0.530. The second-order valence-corrected chi connectivity index (χ2v) is 4.98. The maximum absolute atomic E-state index is 9.26. The minimum absolute atomic E-state index is 0.156. The van der Waals surface area contributed by atoms with Crippen LogP contribution in [-0.2, 0) is 0 Å². The topological polar surface area (TPSA) is 52.5 Å². The van der Waals surface area contributed by atoms with Crippen molar-refractivity contribution < 1.29 is 10.2 Å². The summed E-state index contributed by atoms with van der Waals surface area (Å²) in [4.78, 5) is 0. The molecule has 5 unspecified atom stereocenters. The number of aliphatic hydroxyl groups is 2. The Bertz CT molecular complexity index is 242. The molecule has 2 aliphatic rings. The van der Waals surface area contributed by atoms with E-state index in [2.05, 4.69) is 24.4 Å². The van der Waals surface area contributed by atoms with Gasteiger partial charge in [0.25, 0.3) is 0 Å². The number of allylic oxidation sites excluding steroid dienone is 2. The first-order chi connectivity index (χ1) is 7.20. The lowest BCUT2D eigenvalue weighted by Gasteiger charge is -2.27. The van der Waals surface area contributed by atoms with E-state index in [1.807, 2.05) is 0 Å². The molecule has 0 aliphatic heterocycles. The fraction of sp³-hybridized carbons (Fsp3) is 0.833. The van der Waals surface area contributed by atoms with Crippen LogP contribution in [-0.4, -0.2) is 35.5 Å². The third kappa shape index (κ3) is 2.41.